The van der Waals surface area contributed by atoms with E-state index in [2.05, 4.69) is 95.3 Å². The number of hydrogen-bond acceptors (Lipinski definition) is 3. The zero-order valence-electron chi connectivity index (χ0n) is 18.1. The second kappa shape index (κ2) is 7.43. The van der Waals surface area contributed by atoms with Gasteiger partial charge in [-0.3, -0.25) is 4.98 Å². The summed E-state index contributed by atoms with van der Waals surface area (Å²) in [6.07, 6.45) is 13.2. The van der Waals surface area contributed by atoms with Crippen molar-refractivity contribution in [3.8, 4) is 11.1 Å². The third kappa shape index (κ3) is 3.04. The molecule has 1 unspecified atom stereocenters. The van der Waals surface area contributed by atoms with Gasteiger partial charge in [0.1, 0.15) is 0 Å². The lowest BCUT2D eigenvalue weighted by atomic mass is 9.95. The normalized spacial score (nSPS) is 16.5. The number of benzene rings is 3. The highest BCUT2D eigenvalue weighted by atomic mass is 32.1. The van der Waals surface area contributed by atoms with Gasteiger partial charge in [-0.1, -0.05) is 85.0 Å². The molecule has 1 aliphatic heterocycles. The number of aryl methyl sites for hydroxylation is 1. The summed E-state index contributed by atoms with van der Waals surface area (Å²) in [5.74, 6) is 0. The van der Waals surface area contributed by atoms with Crippen LogP contribution in [-0.4, -0.2) is 4.98 Å². The maximum Gasteiger partial charge on any atom is 0.0939 e. The first-order chi connectivity index (χ1) is 16.3. The number of allylic oxidation sites excluding steroid dienone is 1. The zero-order valence-corrected chi connectivity index (χ0v) is 18.9. The van der Waals surface area contributed by atoms with E-state index >= 15 is 0 Å². The Bertz CT molecular complexity index is 1590. The number of rotatable bonds is 2. The fourth-order valence-electron chi connectivity index (χ4n) is 5.12. The Labute approximate surface area is 196 Å². The van der Waals surface area contributed by atoms with Gasteiger partial charge in [-0.25, -0.2) is 0 Å². The van der Waals surface area contributed by atoms with Crippen molar-refractivity contribution in [2.75, 3.05) is 5.32 Å². The van der Waals surface area contributed by atoms with Crippen LogP contribution in [0.15, 0.2) is 85.1 Å². The lowest BCUT2D eigenvalue weighted by Crippen LogP contribution is -2.12. The molecule has 33 heavy (non-hydrogen) atoms. The van der Waals surface area contributed by atoms with Gasteiger partial charge < -0.3 is 5.32 Å². The molecule has 2 aromatic heterocycles. The van der Waals surface area contributed by atoms with E-state index in [4.69, 9.17) is 0 Å². The number of hydrogen-bond donors (Lipinski definition) is 1. The monoisotopic (exact) mass is 442 g/mol. The van der Waals surface area contributed by atoms with Gasteiger partial charge in [0, 0.05) is 26.5 Å². The van der Waals surface area contributed by atoms with E-state index < -0.39 is 0 Å². The summed E-state index contributed by atoms with van der Waals surface area (Å²) in [6.45, 7) is 0. The molecule has 0 saturated carbocycles. The number of nitrogens with zero attached hydrogens (tertiary/aromatic N) is 1. The molecular weight excluding hydrogens is 420 g/mol. The van der Waals surface area contributed by atoms with Gasteiger partial charge in [0.15, 0.2) is 0 Å². The van der Waals surface area contributed by atoms with E-state index in [1.165, 1.54) is 42.8 Å². The van der Waals surface area contributed by atoms with Gasteiger partial charge >= 0.3 is 0 Å². The average molecular weight is 443 g/mol. The Hall–Kier alpha value is -3.69. The SMILES string of the molecule is C1=Cc2c(sc3c(-c4ccc(C5C=Cc6ccc7cccnc7c6N5)cc4)cccc23)CC1. The molecule has 2 nitrogen and oxygen atoms in total. The molecule has 3 heteroatoms. The number of nitrogens with one attached hydrogen (secondary N) is 1. The van der Waals surface area contributed by atoms with Gasteiger partial charge in [0.25, 0.3) is 0 Å². The first kappa shape index (κ1) is 18.8. The highest BCUT2D eigenvalue weighted by Crippen LogP contribution is 2.41. The van der Waals surface area contributed by atoms with Crippen molar-refractivity contribution < 1.29 is 0 Å². The molecule has 2 aliphatic rings. The minimum atomic E-state index is 0.133. The van der Waals surface area contributed by atoms with Crippen LogP contribution in [0.1, 0.15) is 34.0 Å². The van der Waals surface area contributed by atoms with Crippen LogP contribution in [-0.2, 0) is 6.42 Å². The van der Waals surface area contributed by atoms with Gasteiger partial charge in [0.05, 0.1) is 17.2 Å². The Morgan fingerprint density at radius 3 is 2.79 bits per heavy atom. The number of fused-ring (bicyclic) bond motifs is 6. The van der Waals surface area contributed by atoms with E-state index in [1.54, 1.807) is 0 Å². The van der Waals surface area contributed by atoms with E-state index in [9.17, 15) is 0 Å². The van der Waals surface area contributed by atoms with Crippen molar-refractivity contribution >= 4 is 50.2 Å². The van der Waals surface area contributed by atoms with E-state index in [1.807, 2.05) is 23.6 Å². The second-order valence-electron chi connectivity index (χ2n) is 8.77. The van der Waals surface area contributed by atoms with Gasteiger partial charge in [-0.05, 0) is 46.7 Å². The van der Waals surface area contributed by atoms with Crippen molar-refractivity contribution in [3.63, 3.8) is 0 Å². The quantitative estimate of drug-likeness (QED) is 0.298. The summed E-state index contributed by atoms with van der Waals surface area (Å²) in [5, 5.41) is 6.27. The van der Waals surface area contributed by atoms with Crippen LogP contribution in [0.4, 0.5) is 5.69 Å². The number of anilines is 1. The minimum Gasteiger partial charge on any atom is -0.372 e. The van der Waals surface area contributed by atoms with Crippen LogP contribution in [0.2, 0.25) is 0 Å². The van der Waals surface area contributed by atoms with Crippen LogP contribution < -0.4 is 5.32 Å². The van der Waals surface area contributed by atoms with Crippen LogP contribution in [0.5, 0.6) is 0 Å². The van der Waals surface area contributed by atoms with Crippen molar-refractivity contribution in [2.45, 2.75) is 18.9 Å². The van der Waals surface area contributed by atoms with Crippen molar-refractivity contribution in [1.29, 1.82) is 0 Å². The second-order valence-corrected chi connectivity index (χ2v) is 9.88. The molecular formula is C30H22N2S. The summed E-state index contributed by atoms with van der Waals surface area (Å²) < 4.78 is 1.41. The predicted molar refractivity (Wildman–Crippen MR) is 142 cm³/mol. The summed E-state index contributed by atoms with van der Waals surface area (Å²) in [5.41, 5.74) is 8.63. The molecule has 5 aromatic rings. The molecule has 0 radical (unpaired) electrons. The average Bonchev–Trinajstić information content (AvgIpc) is 3.27. The topological polar surface area (TPSA) is 24.9 Å². The number of thiophene rings is 1. The molecule has 0 spiro atoms. The smallest absolute Gasteiger partial charge is 0.0939 e. The fraction of sp³-hybridized carbons (Fsp3) is 0.100. The first-order valence-electron chi connectivity index (χ1n) is 11.5. The molecule has 158 valence electrons. The Morgan fingerprint density at radius 2 is 1.85 bits per heavy atom. The Morgan fingerprint density at radius 1 is 0.909 bits per heavy atom. The fourth-order valence-corrected chi connectivity index (χ4v) is 6.46. The lowest BCUT2D eigenvalue weighted by molar-refractivity contribution is 0.981. The zero-order chi connectivity index (χ0) is 21.8. The maximum absolute atomic E-state index is 4.63. The standard InChI is InChI=1S/C30H22N2S/c1-2-9-27-24(6-1)25-8-3-7-23(30(25)33-27)19-10-12-20(13-11-19)26-17-16-22-15-14-21-5-4-18-31-28(21)29(22)32-26/h1,3-8,10-18,26,32H,2,9H2. The summed E-state index contributed by atoms with van der Waals surface area (Å²) >= 11 is 1.97. The van der Waals surface area contributed by atoms with Crippen molar-refractivity contribution in [2.24, 2.45) is 0 Å². The van der Waals surface area contributed by atoms with Gasteiger partial charge in [-0.15, -0.1) is 11.3 Å². The molecule has 1 N–H and O–H groups in total. The third-order valence-corrected chi connectivity index (χ3v) is 8.12. The Kier molecular flexibility index (Phi) is 4.24. The van der Waals surface area contributed by atoms with Crippen LogP contribution >= 0.6 is 11.3 Å². The largest absolute Gasteiger partial charge is 0.372 e. The highest BCUT2D eigenvalue weighted by Gasteiger charge is 2.18. The molecule has 0 saturated heterocycles. The summed E-state index contributed by atoms with van der Waals surface area (Å²) in [4.78, 5) is 6.15. The van der Waals surface area contributed by atoms with E-state index in [0.717, 1.165) is 29.4 Å². The molecule has 0 fully saturated rings. The number of pyridine rings is 1. The molecule has 7 rings (SSSR count). The van der Waals surface area contributed by atoms with E-state index in [-0.39, 0.29) is 6.04 Å². The molecule has 0 bridgehead atoms. The molecule has 1 aliphatic carbocycles. The number of aromatic nitrogens is 1. The van der Waals surface area contributed by atoms with Crippen molar-refractivity contribution in [3.05, 3.63) is 107 Å². The van der Waals surface area contributed by atoms with Crippen LogP contribution in [0.3, 0.4) is 0 Å². The Balaban J connectivity index is 1.24. The minimum absolute atomic E-state index is 0.133. The molecule has 0 amide bonds. The van der Waals surface area contributed by atoms with Gasteiger partial charge in [-0.2, -0.15) is 0 Å². The molecule has 3 heterocycles. The summed E-state index contributed by atoms with van der Waals surface area (Å²) in [6, 6.07) is 24.3. The van der Waals surface area contributed by atoms with Crippen molar-refractivity contribution in [1.82, 2.24) is 4.98 Å². The summed E-state index contributed by atoms with van der Waals surface area (Å²) in [7, 11) is 0. The lowest BCUT2D eigenvalue weighted by Gasteiger charge is -2.24. The highest BCUT2D eigenvalue weighted by molar-refractivity contribution is 7.20. The van der Waals surface area contributed by atoms with Gasteiger partial charge in [0.2, 0.25) is 0 Å². The van der Waals surface area contributed by atoms with Crippen LogP contribution in [0.25, 0.3) is 44.3 Å². The van der Waals surface area contributed by atoms with Crippen LogP contribution in [0, 0.1) is 0 Å². The first-order valence-corrected chi connectivity index (χ1v) is 12.3. The predicted octanol–water partition coefficient (Wildman–Crippen LogP) is 8.26. The third-order valence-electron chi connectivity index (χ3n) is 6.81. The van der Waals surface area contributed by atoms with E-state index in [0.29, 0.717) is 0 Å². The molecule has 1 atom stereocenters. The molecule has 3 aromatic carbocycles. The maximum atomic E-state index is 4.63.